The summed E-state index contributed by atoms with van der Waals surface area (Å²) in [6.07, 6.45) is 1.98. The van der Waals surface area contributed by atoms with Crippen molar-refractivity contribution in [2.75, 3.05) is 38.4 Å². The number of nitrogens with two attached hydrogens (primary N) is 1. The summed E-state index contributed by atoms with van der Waals surface area (Å²) in [5, 5.41) is 3.26. The number of nitrogen functional groups attached to an aromatic ring is 1. The molecule has 0 unspecified atom stereocenters. The number of methoxy groups -OCH3 is 2. The van der Waals surface area contributed by atoms with Crippen LogP contribution >= 0.6 is 0 Å². The van der Waals surface area contributed by atoms with E-state index in [-0.39, 0.29) is 5.95 Å². The average Bonchev–Trinajstić information content (AvgIpc) is 2.98. The predicted molar refractivity (Wildman–Crippen MR) is 94.4 cm³/mol. The fourth-order valence-electron chi connectivity index (χ4n) is 2.67. The Kier molecular flexibility index (Phi) is 4.81. The lowest BCUT2D eigenvalue weighted by molar-refractivity contribution is 0.210. The number of anilines is 2. The Labute approximate surface area is 140 Å². The largest absolute Gasteiger partial charge is 0.496 e. The van der Waals surface area contributed by atoms with Crippen LogP contribution in [-0.4, -0.2) is 41.9 Å². The van der Waals surface area contributed by atoms with Gasteiger partial charge in [-0.25, -0.2) is 4.98 Å². The van der Waals surface area contributed by atoms with Crippen LogP contribution in [0.2, 0.25) is 0 Å². The van der Waals surface area contributed by atoms with Crippen molar-refractivity contribution in [1.82, 2.24) is 14.5 Å². The molecule has 0 amide bonds. The van der Waals surface area contributed by atoms with Crippen LogP contribution in [0.5, 0.6) is 5.75 Å². The summed E-state index contributed by atoms with van der Waals surface area (Å²) in [5.74, 6) is 1.80. The highest BCUT2D eigenvalue weighted by molar-refractivity contribution is 5.87. The number of benzene rings is 1. The number of hydrogen-bond acceptors (Lipinski definition) is 6. The third-order valence-corrected chi connectivity index (χ3v) is 3.76. The minimum Gasteiger partial charge on any atom is -0.496 e. The molecule has 7 heteroatoms. The van der Waals surface area contributed by atoms with E-state index in [0.717, 1.165) is 22.3 Å². The Hall–Kier alpha value is -2.80. The van der Waals surface area contributed by atoms with Crippen molar-refractivity contribution in [3.63, 3.8) is 0 Å². The van der Waals surface area contributed by atoms with E-state index in [1.807, 2.05) is 36.5 Å². The average molecular weight is 327 g/mol. The summed E-state index contributed by atoms with van der Waals surface area (Å²) in [5.41, 5.74) is 8.61. The number of hydrogen-bond donors (Lipinski definition) is 2. The zero-order chi connectivity index (χ0) is 16.9. The fourth-order valence-corrected chi connectivity index (χ4v) is 2.67. The summed E-state index contributed by atoms with van der Waals surface area (Å²) in [4.78, 5) is 8.65. The highest BCUT2D eigenvalue weighted by Gasteiger charge is 2.12. The number of nitrogens with zero attached hydrogens (tertiary/aromatic N) is 3. The number of aromatic nitrogens is 3. The van der Waals surface area contributed by atoms with Crippen molar-refractivity contribution < 1.29 is 9.47 Å². The molecule has 0 saturated heterocycles. The van der Waals surface area contributed by atoms with Gasteiger partial charge in [0.1, 0.15) is 11.3 Å². The van der Waals surface area contributed by atoms with Crippen LogP contribution < -0.4 is 15.8 Å². The van der Waals surface area contributed by atoms with E-state index in [9.17, 15) is 0 Å². The van der Waals surface area contributed by atoms with Crippen molar-refractivity contribution in [2.45, 2.75) is 6.54 Å². The van der Waals surface area contributed by atoms with E-state index >= 15 is 0 Å². The molecule has 0 aliphatic carbocycles. The molecule has 1 aromatic carbocycles. The molecule has 0 saturated carbocycles. The van der Waals surface area contributed by atoms with Gasteiger partial charge >= 0.3 is 0 Å². The van der Waals surface area contributed by atoms with Crippen LogP contribution in [0.3, 0.4) is 0 Å². The van der Waals surface area contributed by atoms with Gasteiger partial charge in [0.15, 0.2) is 5.82 Å². The zero-order valence-corrected chi connectivity index (χ0v) is 13.8. The molecule has 0 aliphatic heterocycles. The first-order valence-corrected chi connectivity index (χ1v) is 7.70. The molecule has 3 aromatic rings. The molecule has 3 rings (SSSR count). The third kappa shape index (κ3) is 3.26. The van der Waals surface area contributed by atoms with Gasteiger partial charge in [-0.15, -0.1) is 0 Å². The molecule has 3 N–H and O–H groups in total. The number of para-hydroxylation sites is 1. The third-order valence-electron chi connectivity index (χ3n) is 3.76. The molecular weight excluding hydrogens is 306 g/mol. The Morgan fingerprint density at radius 1 is 1.17 bits per heavy atom. The van der Waals surface area contributed by atoms with E-state index in [2.05, 4.69) is 19.9 Å². The summed E-state index contributed by atoms with van der Waals surface area (Å²) in [6, 6.07) is 9.88. The molecule has 2 heterocycles. The monoisotopic (exact) mass is 327 g/mol. The topological polar surface area (TPSA) is 87.2 Å². The SMILES string of the molecule is COCCNc1nc(N)nc2ccn(Cc3ccccc3OC)c12. The van der Waals surface area contributed by atoms with Gasteiger partial charge in [0.2, 0.25) is 5.95 Å². The standard InChI is InChI=1S/C17H21N5O2/c1-23-10-8-19-16-15-13(20-17(18)21-16)7-9-22(15)11-12-5-3-4-6-14(12)24-2/h3-7,9H,8,10-11H2,1-2H3,(H3,18,19,20,21). The fraction of sp³-hybridized carbons (Fsp3) is 0.294. The Balaban J connectivity index is 1.99. The van der Waals surface area contributed by atoms with Crippen molar-refractivity contribution in [1.29, 1.82) is 0 Å². The van der Waals surface area contributed by atoms with Crippen LogP contribution in [0, 0.1) is 0 Å². The molecular formula is C17H21N5O2. The quantitative estimate of drug-likeness (QED) is 0.647. The van der Waals surface area contributed by atoms with Crippen LogP contribution in [0.4, 0.5) is 11.8 Å². The maximum atomic E-state index is 5.81. The van der Waals surface area contributed by atoms with Gasteiger partial charge in [-0.1, -0.05) is 18.2 Å². The van der Waals surface area contributed by atoms with Crippen molar-refractivity contribution in [2.24, 2.45) is 0 Å². The van der Waals surface area contributed by atoms with Crippen molar-refractivity contribution in [3.8, 4) is 5.75 Å². The lowest BCUT2D eigenvalue weighted by atomic mass is 10.2. The molecule has 24 heavy (non-hydrogen) atoms. The molecule has 0 atom stereocenters. The second-order valence-corrected chi connectivity index (χ2v) is 5.34. The molecule has 0 radical (unpaired) electrons. The lowest BCUT2D eigenvalue weighted by Crippen LogP contribution is -2.12. The van der Waals surface area contributed by atoms with Gasteiger partial charge in [0.05, 0.1) is 25.8 Å². The van der Waals surface area contributed by atoms with Crippen LogP contribution in [-0.2, 0) is 11.3 Å². The molecule has 7 nitrogen and oxygen atoms in total. The van der Waals surface area contributed by atoms with E-state index < -0.39 is 0 Å². The van der Waals surface area contributed by atoms with Gasteiger partial charge in [0, 0.05) is 25.4 Å². The van der Waals surface area contributed by atoms with Gasteiger partial charge in [0.25, 0.3) is 0 Å². The summed E-state index contributed by atoms with van der Waals surface area (Å²) < 4.78 is 12.6. The molecule has 126 valence electrons. The second kappa shape index (κ2) is 7.18. The van der Waals surface area contributed by atoms with Crippen molar-refractivity contribution in [3.05, 3.63) is 42.1 Å². The highest BCUT2D eigenvalue weighted by Crippen LogP contribution is 2.25. The highest BCUT2D eigenvalue weighted by atomic mass is 16.5. The maximum Gasteiger partial charge on any atom is 0.222 e. The lowest BCUT2D eigenvalue weighted by Gasteiger charge is -2.13. The van der Waals surface area contributed by atoms with Crippen LogP contribution in [0.15, 0.2) is 36.5 Å². The maximum absolute atomic E-state index is 5.81. The normalized spacial score (nSPS) is 10.9. The Morgan fingerprint density at radius 2 is 2.00 bits per heavy atom. The molecule has 0 fully saturated rings. The van der Waals surface area contributed by atoms with E-state index in [1.165, 1.54) is 0 Å². The van der Waals surface area contributed by atoms with E-state index in [1.54, 1.807) is 14.2 Å². The first kappa shape index (κ1) is 16.1. The number of rotatable bonds is 7. The van der Waals surface area contributed by atoms with E-state index in [0.29, 0.717) is 25.5 Å². The first-order valence-electron chi connectivity index (χ1n) is 7.70. The number of ether oxygens (including phenoxy) is 2. The molecule has 2 aromatic heterocycles. The van der Waals surface area contributed by atoms with Crippen LogP contribution in [0.25, 0.3) is 11.0 Å². The minimum absolute atomic E-state index is 0.248. The first-order chi connectivity index (χ1) is 11.7. The Morgan fingerprint density at radius 3 is 2.79 bits per heavy atom. The number of fused-ring (bicyclic) bond motifs is 1. The summed E-state index contributed by atoms with van der Waals surface area (Å²) >= 11 is 0. The van der Waals surface area contributed by atoms with Crippen molar-refractivity contribution >= 4 is 22.8 Å². The summed E-state index contributed by atoms with van der Waals surface area (Å²) in [7, 11) is 3.34. The molecule has 0 spiro atoms. The smallest absolute Gasteiger partial charge is 0.222 e. The van der Waals surface area contributed by atoms with Gasteiger partial charge < -0.3 is 25.1 Å². The van der Waals surface area contributed by atoms with E-state index in [4.69, 9.17) is 15.2 Å². The molecule has 0 aliphatic rings. The minimum atomic E-state index is 0.248. The molecule has 0 bridgehead atoms. The van der Waals surface area contributed by atoms with Crippen LogP contribution in [0.1, 0.15) is 5.56 Å². The Bertz CT molecular complexity index is 831. The zero-order valence-electron chi connectivity index (χ0n) is 13.8. The van der Waals surface area contributed by atoms with Gasteiger partial charge in [-0.3, -0.25) is 0 Å². The van der Waals surface area contributed by atoms with Gasteiger partial charge in [-0.2, -0.15) is 4.98 Å². The predicted octanol–water partition coefficient (Wildman–Crippen LogP) is 2.13. The number of nitrogens with one attached hydrogen (secondary N) is 1. The second-order valence-electron chi connectivity index (χ2n) is 5.34. The van der Waals surface area contributed by atoms with Gasteiger partial charge in [-0.05, 0) is 12.1 Å². The summed E-state index contributed by atoms with van der Waals surface area (Å²) in [6.45, 7) is 1.88.